The number of hydrogen-bond acceptors (Lipinski definition) is 2. The van der Waals surface area contributed by atoms with Crippen molar-refractivity contribution in [2.45, 2.75) is 59.8 Å². The molecule has 0 aromatic heterocycles. The van der Waals surface area contributed by atoms with E-state index in [-0.39, 0.29) is 29.0 Å². The number of ketones is 1. The summed E-state index contributed by atoms with van der Waals surface area (Å²) in [7, 11) is 0. The Morgan fingerprint density at radius 1 is 1.30 bits per heavy atom. The van der Waals surface area contributed by atoms with E-state index in [9.17, 15) is 14.7 Å². The maximum atomic E-state index is 12.6. The van der Waals surface area contributed by atoms with Crippen LogP contribution in [0.15, 0.2) is 23.3 Å². The van der Waals surface area contributed by atoms with Crippen molar-refractivity contribution < 1.29 is 14.7 Å². The van der Waals surface area contributed by atoms with E-state index in [2.05, 4.69) is 32.9 Å². The highest BCUT2D eigenvalue weighted by Gasteiger charge is 2.57. The first-order chi connectivity index (χ1) is 10.7. The maximum Gasteiger partial charge on any atom is 0.309 e. The van der Waals surface area contributed by atoms with Gasteiger partial charge in [-0.1, -0.05) is 39.3 Å². The Balaban J connectivity index is 2.05. The van der Waals surface area contributed by atoms with Crippen LogP contribution in [0.1, 0.15) is 59.8 Å². The molecule has 3 aliphatic rings. The van der Waals surface area contributed by atoms with E-state index < -0.39 is 11.4 Å². The molecule has 3 nitrogen and oxygen atoms in total. The van der Waals surface area contributed by atoms with Crippen LogP contribution in [0.2, 0.25) is 0 Å². The van der Waals surface area contributed by atoms with E-state index in [0.29, 0.717) is 6.42 Å². The number of carboxylic acids is 1. The van der Waals surface area contributed by atoms with Crippen LogP contribution in [0.4, 0.5) is 0 Å². The lowest BCUT2D eigenvalue weighted by atomic mass is 9.47. The highest BCUT2D eigenvalue weighted by molar-refractivity contribution is 5.98. The molecule has 0 heterocycles. The van der Waals surface area contributed by atoms with Crippen molar-refractivity contribution in [3.05, 3.63) is 23.3 Å². The van der Waals surface area contributed by atoms with Gasteiger partial charge in [-0.25, -0.2) is 0 Å². The van der Waals surface area contributed by atoms with Crippen LogP contribution < -0.4 is 0 Å². The fraction of sp³-hybridized carbons (Fsp3) is 0.700. The summed E-state index contributed by atoms with van der Waals surface area (Å²) in [5, 5.41) is 9.81. The number of rotatable bonds is 2. The molecule has 0 unspecified atom stereocenters. The van der Waals surface area contributed by atoms with E-state index in [1.807, 2.05) is 6.92 Å². The van der Waals surface area contributed by atoms with Crippen LogP contribution in [0.3, 0.4) is 0 Å². The Hall–Kier alpha value is -1.38. The van der Waals surface area contributed by atoms with Crippen LogP contribution in [0.5, 0.6) is 0 Å². The number of allylic oxidation sites excluding steroid dienone is 4. The molecule has 0 bridgehead atoms. The quantitative estimate of drug-likeness (QED) is 0.822. The molecule has 3 heteroatoms. The van der Waals surface area contributed by atoms with Gasteiger partial charge in [0.25, 0.3) is 0 Å². The summed E-state index contributed by atoms with van der Waals surface area (Å²) in [5.41, 5.74) is 1.47. The summed E-state index contributed by atoms with van der Waals surface area (Å²) in [6, 6.07) is 0. The smallest absolute Gasteiger partial charge is 0.309 e. The minimum absolute atomic E-state index is 0.0792. The number of carbonyl (C=O) groups excluding carboxylic acids is 1. The summed E-state index contributed by atoms with van der Waals surface area (Å²) < 4.78 is 0. The van der Waals surface area contributed by atoms with Crippen molar-refractivity contribution in [3.63, 3.8) is 0 Å². The SMILES string of the molecule is CC(C)C1=CC2=CC[C@@H]3[C@](C)(CCC[C@@]3(C)C(=O)O)[C@H]2CC1=O. The van der Waals surface area contributed by atoms with Gasteiger partial charge in [-0.3, -0.25) is 9.59 Å². The van der Waals surface area contributed by atoms with Gasteiger partial charge in [0.15, 0.2) is 5.78 Å². The Kier molecular flexibility index (Phi) is 3.81. The molecule has 0 amide bonds. The molecule has 0 radical (unpaired) electrons. The highest BCUT2D eigenvalue weighted by Crippen LogP contribution is 2.61. The van der Waals surface area contributed by atoms with E-state index >= 15 is 0 Å². The number of carbonyl (C=O) groups is 2. The average molecular weight is 316 g/mol. The highest BCUT2D eigenvalue weighted by atomic mass is 16.4. The molecule has 1 N–H and O–H groups in total. The third kappa shape index (κ3) is 2.31. The van der Waals surface area contributed by atoms with Crippen molar-refractivity contribution in [2.75, 3.05) is 0 Å². The van der Waals surface area contributed by atoms with Gasteiger partial charge in [0.1, 0.15) is 0 Å². The number of Topliss-reactive ketones (excluding diaryl/α,β-unsaturated/α-hetero) is 1. The molecule has 0 aromatic carbocycles. The zero-order chi connectivity index (χ0) is 17.0. The molecular weight excluding hydrogens is 288 g/mol. The summed E-state index contributed by atoms with van der Waals surface area (Å²) >= 11 is 0. The van der Waals surface area contributed by atoms with Gasteiger partial charge >= 0.3 is 5.97 Å². The molecule has 0 aromatic rings. The fourth-order valence-corrected chi connectivity index (χ4v) is 5.45. The minimum atomic E-state index is -0.675. The van der Waals surface area contributed by atoms with E-state index in [1.54, 1.807) is 0 Å². The summed E-state index contributed by atoms with van der Waals surface area (Å²) in [6.45, 7) is 8.29. The van der Waals surface area contributed by atoms with Crippen molar-refractivity contribution in [2.24, 2.45) is 28.6 Å². The van der Waals surface area contributed by atoms with Gasteiger partial charge < -0.3 is 5.11 Å². The Labute approximate surface area is 138 Å². The lowest BCUT2D eigenvalue weighted by Gasteiger charge is -2.56. The third-order valence-electron chi connectivity index (χ3n) is 6.91. The molecule has 4 atom stereocenters. The zero-order valence-corrected chi connectivity index (χ0v) is 14.7. The van der Waals surface area contributed by atoms with Gasteiger partial charge in [0.2, 0.25) is 0 Å². The second-order valence-electron chi connectivity index (χ2n) is 8.51. The molecule has 0 aliphatic heterocycles. The number of carboxylic acid groups (broad SMARTS) is 1. The average Bonchev–Trinajstić information content (AvgIpc) is 2.46. The number of aliphatic carboxylic acids is 1. The second kappa shape index (κ2) is 5.32. The van der Waals surface area contributed by atoms with Gasteiger partial charge in [0.05, 0.1) is 5.41 Å². The van der Waals surface area contributed by atoms with Crippen molar-refractivity contribution in [1.29, 1.82) is 0 Å². The normalized spacial score (nSPS) is 40.1. The molecule has 0 saturated heterocycles. The Bertz CT molecular complexity index is 612. The van der Waals surface area contributed by atoms with E-state index in [4.69, 9.17) is 0 Å². The van der Waals surface area contributed by atoms with E-state index in [1.165, 1.54) is 5.57 Å². The first-order valence-corrected chi connectivity index (χ1v) is 8.88. The van der Waals surface area contributed by atoms with Gasteiger partial charge in [0, 0.05) is 6.42 Å². The van der Waals surface area contributed by atoms with Gasteiger partial charge in [-0.05, 0) is 60.5 Å². The Morgan fingerprint density at radius 2 is 2.00 bits per heavy atom. The summed E-state index contributed by atoms with van der Waals surface area (Å²) in [6.07, 6.45) is 8.42. The molecule has 3 aliphatic carbocycles. The van der Waals surface area contributed by atoms with Crippen molar-refractivity contribution >= 4 is 11.8 Å². The molecule has 1 fully saturated rings. The number of hydrogen-bond donors (Lipinski definition) is 1. The van der Waals surface area contributed by atoms with Crippen LogP contribution in [0.25, 0.3) is 0 Å². The third-order valence-corrected chi connectivity index (χ3v) is 6.91. The predicted octanol–water partition coefficient (Wildman–Crippen LogP) is 4.39. The standard InChI is InChI=1S/C20H28O3/c1-12(2)14-10-13-6-7-17-19(3,15(13)11-16(14)21)8-5-9-20(17,4)18(22)23/h6,10,12,15,17H,5,7-9,11H2,1-4H3,(H,22,23)/t15-,17+,19+,20+/m0/s1. The lowest BCUT2D eigenvalue weighted by Crippen LogP contribution is -2.53. The molecule has 0 spiro atoms. The predicted molar refractivity (Wildman–Crippen MR) is 89.9 cm³/mol. The first-order valence-electron chi connectivity index (χ1n) is 8.88. The minimum Gasteiger partial charge on any atom is -0.481 e. The van der Waals surface area contributed by atoms with Crippen LogP contribution in [0, 0.1) is 28.6 Å². The monoisotopic (exact) mass is 316 g/mol. The van der Waals surface area contributed by atoms with Crippen molar-refractivity contribution in [1.82, 2.24) is 0 Å². The maximum absolute atomic E-state index is 12.6. The summed E-state index contributed by atoms with van der Waals surface area (Å²) in [5.74, 6) is 0.148. The molecule has 3 rings (SSSR count). The Morgan fingerprint density at radius 3 is 2.61 bits per heavy atom. The van der Waals surface area contributed by atoms with Crippen molar-refractivity contribution in [3.8, 4) is 0 Å². The first kappa shape index (κ1) is 16.5. The zero-order valence-electron chi connectivity index (χ0n) is 14.7. The van der Waals surface area contributed by atoms with Crippen LogP contribution in [-0.2, 0) is 9.59 Å². The summed E-state index contributed by atoms with van der Waals surface area (Å²) in [4.78, 5) is 24.5. The topological polar surface area (TPSA) is 54.4 Å². The molecule has 23 heavy (non-hydrogen) atoms. The van der Waals surface area contributed by atoms with Gasteiger partial charge in [-0.15, -0.1) is 0 Å². The van der Waals surface area contributed by atoms with Gasteiger partial charge in [-0.2, -0.15) is 0 Å². The number of fused-ring (bicyclic) bond motifs is 3. The second-order valence-corrected chi connectivity index (χ2v) is 8.51. The molecule has 1 saturated carbocycles. The lowest BCUT2D eigenvalue weighted by molar-refractivity contribution is -0.162. The van der Waals surface area contributed by atoms with E-state index in [0.717, 1.165) is 31.3 Å². The van der Waals surface area contributed by atoms with Crippen LogP contribution >= 0.6 is 0 Å². The van der Waals surface area contributed by atoms with Crippen LogP contribution in [-0.4, -0.2) is 16.9 Å². The fourth-order valence-electron chi connectivity index (χ4n) is 5.45. The largest absolute Gasteiger partial charge is 0.481 e. The molecule has 126 valence electrons. The molecular formula is C20H28O3.